The van der Waals surface area contributed by atoms with Gasteiger partial charge in [-0.2, -0.15) is 0 Å². The summed E-state index contributed by atoms with van der Waals surface area (Å²) in [6, 6.07) is 7.97. The lowest BCUT2D eigenvalue weighted by atomic mass is 10.1. The molecule has 2 N–H and O–H groups in total. The first-order valence-electron chi connectivity index (χ1n) is 7.92. The first kappa shape index (κ1) is 19.5. The molecule has 0 spiro atoms. The standard InChI is InChI=1S/C17H25N3O2.ClH/c1-14-5-2-3-6-15(14)13-17(22)20-11-9-19(10-12-20)16(21)7-4-8-18;/h2-3,5-6H,4,7-13,18H2,1H3;1H. The maximum atomic E-state index is 12.4. The van der Waals surface area contributed by atoms with E-state index in [9.17, 15) is 9.59 Å². The SMILES string of the molecule is Cc1ccccc1CC(=O)N1CCN(C(=O)CCCN)CC1.Cl. The molecule has 0 saturated carbocycles. The number of benzene rings is 1. The van der Waals surface area contributed by atoms with Crippen molar-refractivity contribution in [3.63, 3.8) is 0 Å². The van der Waals surface area contributed by atoms with Crippen molar-refractivity contribution in [3.8, 4) is 0 Å². The van der Waals surface area contributed by atoms with E-state index in [2.05, 4.69) is 0 Å². The molecule has 0 bridgehead atoms. The third-order valence-electron chi connectivity index (χ3n) is 4.18. The first-order valence-corrected chi connectivity index (χ1v) is 7.92. The summed E-state index contributed by atoms with van der Waals surface area (Å²) in [5.41, 5.74) is 7.65. The van der Waals surface area contributed by atoms with Gasteiger partial charge in [0.05, 0.1) is 6.42 Å². The van der Waals surface area contributed by atoms with Gasteiger partial charge < -0.3 is 15.5 Å². The molecule has 2 rings (SSSR count). The molecule has 2 amide bonds. The third-order valence-corrected chi connectivity index (χ3v) is 4.18. The predicted molar refractivity (Wildman–Crippen MR) is 93.6 cm³/mol. The molecule has 0 atom stereocenters. The lowest BCUT2D eigenvalue weighted by Crippen LogP contribution is -2.51. The zero-order valence-electron chi connectivity index (χ0n) is 13.7. The Morgan fingerprint density at radius 1 is 1.04 bits per heavy atom. The molecule has 0 aliphatic carbocycles. The van der Waals surface area contributed by atoms with E-state index >= 15 is 0 Å². The van der Waals surface area contributed by atoms with Crippen molar-refractivity contribution >= 4 is 24.2 Å². The molecule has 0 unspecified atom stereocenters. The smallest absolute Gasteiger partial charge is 0.227 e. The van der Waals surface area contributed by atoms with Gasteiger partial charge >= 0.3 is 0 Å². The Bertz CT molecular complexity index is 528. The number of amides is 2. The maximum Gasteiger partial charge on any atom is 0.227 e. The summed E-state index contributed by atoms with van der Waals surface area (Å²) in [5.74, 6) is 0.291. The van der Waals surface area contributed by atoms with E-state index in [0.717, 1.165) is 17.5 Å². The van der Waals surface area contributed by atoms with Crippen molar-refractivity contribution in [1.82, 2.24) is 9.80 Å². The highest BCUT2D eigenvalue weighted by Crippen LogP contribution is 2.11. The lowest BCUT2D eigenvalue weighted by Gasteiger charge is -2.35. The van der Waals surface area contributed by atoms with Crippen LogP contribution in [0.2, 0.25) is 0 Å². The number of hydrogen-bond donors (Lipinski definition) is 1. The molecule has 1 aromatic rings. The number of carbonyl (C=O) groups excluding carboxylic acids is 2. The molecule has 0 radical (unpaired) electrons. The first-order chi connectivity index (χ1) is 10.6. The molecule has 1 aromatic carbocycles. The summed E-state index contributed by atoms with van der Waals surface area (Å²) in [7, 11) is 0. The van der Waals surface area contributed by atoms with E-state index in [0.29, 0.717) is 45.6 Å². The molecule has 1 aliphatic rings. The summed E-state index contributed by atoms with van der Waals surface area (Å²) in [6.07, 6.45) is 1.67. The highest BCUT2D eigenvalue weighted by molar-refractivity contribution is 5.85. The van der Waals surface area contributed by atoms with E-state index < -0.39 is 0 Å². The van der Waals surface area contributed by atoms with Crippen LogP contribution in [0.15, 0.2) is 24.3 Å². The Kier molecular flexibility index (Phi) is 8.06. The number of nitrogens with two attached hydrogens (primary N) is 1. The van der Waals surface area contributed by atoms with Crippen LogP contribution >= 0.6 is 12.4 Å². The van der Waals surface area contributed by atoms with Gasteiger partial charge in [0.15, 0.2) is 0 Å². The van der Waals surface area contributed by atoms with E-state index in [4.69, 9.17) is 5.73 Å². The normalized spacial score (nSPS) is 14.3. The Hall–Kier alpha value is -1.59. The summed E-state index contributed by atoms with van der Waals surface area (Å²) in [5, 5.41) is 0. The van der Waals surface area contributed by atoms with Gasteiger partial charge in [-0.05, 0) is 31.0 Å². The van der Waals surface area contributed by atoms with E-state index in [1.807, 2.05) is 41.0 Å². The quantitative estimate of drug-likeness (QED) is 0.881. The fraction of sp³-hybridized carbons (Fsp3) is 0.529. The van der Waals surface area contributed by atoms with Crippen LogP contribution in [0, 0.1) is 6.92 Å². The lowest BCUT2D eigenvalue weighted by molar-refractivity contribution is -0.139. The molecule has 6 heteroatoms. The Labute approximate surface area is 144 Å². The largest absolute Gasteiger partial charge is 0.339 e. The highest BCUT2D eigenvalue weighted by Gasteiger charge is 2.23. The zero-order chi connectivity index (χ0) is 15.9. The molecule has 128 valence electrons. The van der Waals surface area contributed by atoms with Crippen LogP contribution in [-0.2, 0) is 16.0 Å². The summed E-state index contributed by atoms with van der Waals surface area (Å²) in [6.45, 7) is 5.07. The number of piperazine rings is 1. The van der Waals surface area contributed by atoms with Crippen LogP contribution in [0.4, 0.5) is 0 Å². The third kappa shape index (κ3) is 5.52. The van der Waals surface area contributed by atoms with Crippen LogP contribution in [-0.4, -0.2) is 54.3 Å². The second-order valence-electron chi connectivity index (χ2n) is 5.76. The van der Waals surface area contributed by atoms with Crippen LogP contribution in [0.25, 0.3) is 0 Å². The fourth-order valence-electron chi connectivity index (χ4n) is 2.70. The average Bonchev–Trinajstić information content (AvgIpc) is 2.55. The van der Waals surface area contributed by atoms with Crippen LogP contribution in [0.1, 0.15) is 24.0 Å². The van der Waals surface area contributed by atoms with E-state index in [-0.39, 0.29) is 24.2 Å². The molecule has 5 nitrogen and oxygen atoms in total. The van der Waals surface area contributed by atoms with E-state index in [1.165, 1.54) is 0 Å². The average molecular weight is 340 g/mol. The second kappa shape index (κ2) is 9.53. The Balaban J connectivity index is 0.00000264. The van der Waals surface area contributed by atoms with Crippen LogP contribution in [0.5, 0.6) is 0 Å². The molecule has 1 aliphatic heterocycles. The monoisotopic (exact) mass is 339 g/mol. The van der Waals surface area contributed by atoms with Crippen molar-refractivity contribution in [3.05, 3.63) is 35.4 Å². The molecule has 1 heterocycles. The van der Waals surface area contributed by atoms with Crippen molar-refractivity contribution in [1.29, 1.82) is 0 Å². The molecule has 1 saturated heterocycles. The maximum absolute atomic E-state index is 12.4. The Morgan fingerprint density at radius 3 is 2.17 bits per heavy atom. The minimum Gasteiger partial charge on any atom is -0.339 e. The van der Waals surface area contributed by atoms with Gasteiger partial charge in [-0.1, -0.05) is 24.3 Å². The van der Waals surface area contributed by atoms with Gasteiger partial charge in [-0.3, -0.25) is 9.59 Å². The summed E-state index contributed by atoms with van der Waals surface area (Å²) in [4.78, 5) is 28.0. The minimum atomic E-state index is 0. The fourth-order valence-corrected chi connectivity index (χ4v) is 2.70. The molecule has 0 aromatic heterocycles. The van der Waals surface area contributed by atoms with Crippen LogP contribution < -0.4 is 5.73 Å². The van der Waals surface area contributed by atoms with Gasteiger partial charge in [0.2, 0.25) is 11.8 Å². The van der Waals surface area contributed by atoms with E-state index in [1.54, 1.807) is 0 Å². The zero-order valence-corrected chi connectivity index (χ0v) is 14.5. The van der Waals surface area contributed by atoms with Crippen molar-refractivity contribution in [2.75, 3.05) is 32.7 Å². The molecular formula is C17H26ClN3O2. The number of carbonyl (C=O) groups is 2. The predicted octanol–water partition coefficient (Wildman–Crippen LogP) is 1.37. The topological polar surface area (TPSA) is 66.6 Å². The van der Waals surface area contributed by atoms with Gasteiger partial charge in [0.25, 0.3) is 0 Å². The van der Waals surface area contributed by atoms with Crippen molar-refractivity contribution in [2.45, 2.75) is 26.2 Å². The highest BCUT2D eigenvalue weighted by atomic mass is 35.5. The minimum absolute atomic E-state index is 0. The number of hydrogen-bond acceptors (Lipinski definition) is 3. The summed E-state index contributed by atoms with van der Waals surface area (Å²) < 4.78 is 0. The second-order valence-corrected chi connectivity index (χ2v) is 5.76. The van der Waals surface area contributed by atoms with Gasteiger partial charge in [-0.25, -0.2) is 0 Å². The Morgan fingerprint density at radius 2 is 1.61 bits per heavy atom. The van der Waals surface area contributed by atoms with Gasteiger partial charge in [0.1, 0.15) is 0 Å². The van der Waals surface area contributed by atoms with Crippen molar-refractivity contribution < 1.29 is 9.59 Å². The van der Waals surface area contributed by atoms with Crippen LogP contribution in [0.3, 0.4) is 0 Å². The van der Waals surface area contributed by atoms with Gasteiger partial charge in [-0.15, -0.1) is 12.4 Å². The molecule has 23 heavy (non-hydrogen) atoms. The molecular weight excluding hydrogens is 314 g/mol. The van der Waals surface area contributed by atoms with Gasteiger partial charge in [0, 0.05) is 32.6 Å². The number of rotatable bonds is 5. The number of halogens is 1. The number of aryl methyl sites for hydroxylation is 1. The summed E-state index contributed by atoms with van der Waals surface area (Å²) >= 11 is 0. The molecule has 1 fully saturated rings. The number of nitrogens with zero attached hydrogens (tertiary/aromatic N) is 2. The van der Waals surface area contributed by atoms with Crippen molar-refractivity contribution in [2.24, 2.45) is 5.73 Å².